The van der Waals surface area contributed by atoms with Crippen molar-refractivity contribution >= 4 is 22.4 Å². The van der Waals surface area contributed by atoms with E-state index in [2.05, 4.69) is 21.9 Å². The Kier molecular flexibility index (Phi) is 6.87. The lowest BCUT2D eigenvalue weighted by Crippen LogP contribution is -2.36. The Morgan fingerprint density at radius 3 is 2.59 bits per heavy atom. The quantitative estimate of drug-likeness (QED) is 0.361. The molecular weight excluding hydrogens is 469 g/mol. The van der Waals surface area contributed by atoms with E-state index >= 15 is 0 Å². The van der Waals surface area contributed by atoms with Gasteiger partial charge in [-0.25, -0.2) is 4.39 Å². The van der Waals surface area contributed by atoms with E-state index in [1.807, 2.05) is 30.3 Å². The van der Waals surface area contributed by atoms with Crippen molar-refractivity contribution in [1.82, 2.24) is 4.90 Å². The highest BCUT2D eigenvalue weighted by Crippen LogP contribution is 2.32. The zero-order valence-corrected chi connectivity index (χ0v) is 21.1. The third kappa shape index (κ3) is 5.52. The molecule has 2 saturated heterocycles. The van der Waals surface area contributed by atoms with Crippen molar-refractivity contribution in [2.24, 2.45) is 10.9 Å². The zero-order chi connectivity index (χ0) is 25.2. The van der Waals surface area contributed by atoms with Gasteiger partial charge in [0.05, 0.1) is 6.04 Å². The minimum Gasteiger partial charge on any atom is -0.862 e. The molecule has 0 aromatic heterocycles. The standard InChI is InChI=1S/C30H34FN3O3/c31-25-6-4-23-18-27(7-5-22(23)17-25)34-12-9-24(19-34)30(35)32-26(20-33-10-1-2-11-33)15-21-3-8-28-29(16-21)37-14-13-36-28/h3-8,16-18,24,26H,1-2,9-15,19-20H2,(H,32,35)/p-1. The lowest BCUT2D eigenvalue weighted by molar-refractivity contribution is -0.223. The third-order valence-electron chi connectivity index (χ3n) is 7.74. The number of likely N-dealkylation sites (tertiary alicyclic amines) is 1. The summed E-state index contributed by atoms with van der Waals surface area (Å²) in [6.07, 6.45) is 3.92. The van der Waals surface area contributed by atoms with Crippen LogP contribution in [0.3, 0.4) is 0 Å². The van der Waals surface area contributed by atoms with Gasteiger partial charge in [-0.15, -0.1) is 0 Å². The highest BCUT2D eigenvalue weighted by atomic mass is 19.1. The molecule has 3 aromatic carbocycles. The molecule has 3 aliphatic heterocycles. The molecule has 0 N–H and O–H groups in total. The molecule has 6 rings (SSSR count). The number of anilines is 1. The predicted molar refractivity (Wildman–Crippen MR) is 142 cm³/mol. The van der Waals surface area contributed by atoms with Crippen LogP contribution in [0.15, 0.2) is 59.6 Å². The lowest BCUT2D eigenvalue weighted by atomic mass is 10.0. The van der Waals surface area contributed by atoms with Gasteiger partial charge in [-0.3, -0.25) is 0 Å². The molecule has 0 aliphatic carbocycles. The first-order valence-electron chi connectivity index (χ1n) is 13.4. The number of nitrogens with zero attached hydrogens (tertiary/aromatic N) is 3. The van der Waals surface area contributed by atoms with Crippen LogP contribution >= 0.6 is 0 Å². The Morgan fingerprint density at radius 2 is 1.73 bits per heavy atom. The second kappa shape index (κ2) is 10.6. The fourth-order valence-electron chi connectivity index (χ4n) is 5.78. The normalized spacial score (nSPS) is 21.1. The molecule has 2 fully saturated rings. The Hall–Kier alpha value is -3.32. The molecule has 6 nitrogen and oxygen atoms in total. The van der Waals surface area contributed by atoms with Crippen LogP contribution in [-0.2, 0) is 6.42 Å². The van der Waals surface area contributed by atoms with Crippen molar-refractivity contribution in [3.8, 4) is 11.5 Å². The van der Waals surface area contributed by atoms with E-state index in [1.54, 1.807) is 6.07 Å². The van der Waals surface area contributed by atoms with Crippen LogP contribution < -0.4 is 19.5 Å². The molecule has 2 atom stereocenters. The maximum atomic E-state index is 13.5. The summed E-state index contributed by atoms with van der Waals surface area (Å²) >= 11 is 0. The van der Waals surface area contributed by atoms with Gasteiger partial charge in [0.1, 0.15) is 19.0 Å². The van der Waals surface area contributed by atoms with Gasteiger partial charge >= 0.3 is 0 Å². The van der Waals surface area contributed by atoms with Crippen molar-refractivity contribution in [2.45, 2.75) is 31.7 Å². The van der Waals surface area contributed by atoms with E-state index in [0.717, 1.165) is 66.1 Å². The van der Waals surface area contributed by atoms with E-state index in [0.29, 0.717) is 26.2 Å². The third-order valence-corrected chi connectivity index (χ3v) is 7.74. The maximum Gasteiger partial charge on any atom is 0.161 e. The summed E-state index contributed by atoms with van der Waals surface area (Å²) in [5.41, 5.74) is 2.19. The van der Waals surface area contributed by atoms with Crippen LogP contribution in [0.5, 0.6) is 11.5 Å². The summed E-state index contributed by atoms with van der Waals surface area (Å²) in [6.45, 7) is 5.56. The summed E-state index contributed by atoms with van der Waals surface area (Å²) in [5.74, 6) is 1.23. The van der Waals surface area contributed by atoms with E-state index in [1.165, 1.54) is 18.9 Å². The Morgan fingerprint density at radius 1 is 0.946 bits per heavy atom. The van der Waals surface area contributed by atoms with Gasteiger partial charge in [0.15, 0.2) is 11.5 Å². The molecular formula is C30H33FN3O3-. The van der Waals surface area contributed by atoms with Gasteiger partial charge in [0.2, 0.25) is 0 Å². The number of hydrogen-bond donors (Lipinski definition) is 0. The highest BCUT2D eigenvalue weighted by molar-refractivity contribution is 5.86. The Labute approximate surface area is 217 Å². The first kappa shape index (κ1) is 24.0. The van der Waals surface area contributed by atoms with Gasteiger partial charge in [0.25, 0.3) is 0 Å². The summed E-state index contributed by atoms with van der Waals surface area (Å²) in [5, 5.41) is 15.3. The molecule has 2 unspecified atom stereocenters. The lowest BCUT2D eigenvalue weighted by Gasteiger charge is -2.26. The average Bonchev–Trinajstić information content (AvgIpc) is 3.61. The molecule has 7 heteroatoms. The van der Waals surface area contributed by atoms with Gasteiger partial charge in [-0.05, 0) is 97.4 Å². The fraction of sp³-hybridized carbons (Fsp3) is 0.433. The summed E-state index contributed by atoms with van der Waals surface area (Å²) < 4.78 is 25.0. The van der Waals surface area contributed by atoms with Crippen LogP contribution in [0.2, 0.25) is 0 Å². The predicted octanol–water partition coefficient (Wildman–Crippen LogP) is 4.04. The fourth-order valence-corrected chi connectivity index (χ4v) is 5.78. The van der Waals surface area contributed by atoms with Gasteiger partial charge in [-0.1, -0.05) is 18.2 Å². The molecule has 0 spiro atoms. The van der Waals surface area contributed by atoms with Crippen LogP contribution in [0, 0.1) is 11.7 Å². The second-order valence-electron chi connectivity index (χ2n) is 10.4. The Balaban J connectivity index is 1.17. The van der Waals surface area contributed by atoms with E-state index in [-0.39, 0.29) is 23.7 Å². The summed E-state index contributed by atoms with van der Waals surface area (Å²) in [7, 11) is 0. The number of fused-ring (bicyclic) bond motifs is 2. The van der Waals surface area contributed by atoms with Crippen molar-refractivity contribution in [1.29, 1.82) is 0 Å². The van der Waals surface area contributed by atoms with E-state index < -0.39 is 0 Å². The number of aliphatic imine (C=N–C) groups is 1. The van der Waals surface area contributed by atoms with Gasteiger partial charge in [0, 0.05) is 31.2 Å². The minimum absolute atomic E-state index is 0.00657. The zero-order valence-electron chi connectivity index (χ0n) is 21.1. The van der Waals surface area contributed by atoms with E-state index in [9.17, 15) is 9.50 Å². The van der Waals surface area contributed by atoms with E-state index in [4.69, 9.17) is 14.5 Å². The average molecular weight is 503 g/mol. The Bertz CT molecular complexity index is 1290. The van der Waals surface area contributed by atoms with Crippen LogP contribution in [0.4, 0.5) is 10.1 Å². The second-order valence-corrected chi connectivity index (χ2v) is 10.4. The minimum atomic E-state index is -0.228. The van der Waals surface area contributed by atoms with Crippen LogP contribution in [0.25, 0.3) is 10.8 Å². The molecule has 0 bridgehead atoms. The first-order valence-corrected chi connectivity index (χ1v) is 13.4. The largest absolute Gasteiger partial charge is 0.862 e. The van der Waals surface area contributed by atoms with Crippen molar-refractivity contribution < 1.29 is 19.0 Å². The monoisotopic (exact) mass is 502 g/mol. The van der Waals surface area contributed by atoms with Crippen molar-refractivity contribution in [3.63, 3.8) is 0 Å². The molecule has 0 radical (unpaired) electrons. The van der Waals surface area contributed by atoms with Crippen molar-refractivity contribution in [2.75, 3.05) is 50.8 Å². The SMILES string of the molecule is [O-]C(=NC(Cc1ccc2c(c1)OCCO2)CN1CCCC1)C1CCN(c2ccc3cc(F)ccc3c2)C1. The van der Waals surface area contributed by atoms with Gasteiger partial charge < -0.3 is 29.4 Å². The smallest absolute Gasteiger partial charge is 0.161 e. The van der Waals surface area contributed by atoms with Crippen LogP contribution in [0.1, 0.15) is 24.8 Å². The summed E-state index contributed by atoms with van der Waals surface area (Å²) in [4.78, 5) is 9.47. The van der Waals surface area contributed by atoms with Crippen molar-refractivity contribution in [3.05, 3.63) is 66.0 Å². The van der Waals surface area contributed by atoms with Crippen LogP contribution in [-0.4, -0.2) is 62.8 Å². The number of rotatable bonds is 7. The molecule has 0 saturated carbocycles. The first-order chi connectivity index (χ1) is 18.1. The molecule has 3 aromatic rings. The molecule has 194 valence electrons. The number of halogens is 1. The number of ether oxygens (including phenoxy) is 2. The number of benzene rings is 3. The van der Waals surface area contributed by atoms with Gasteiger partial charge in [-0.2, -0.15) is 0 Å². The topological polar surface area (TPSA) is 60.4 Å². The molecule has 3 aliphatic rings. The molecule has 0 amide bonds. The summed E-state index contributed by atoms with van der Waals surface area (Å²) in [6, 6.07) is 16.9. The highest BCUT2D eigenvalue weighted by Gasteiger charge is 2.25. The molecule has 3 heterocycles. The molecule has 37 heavy (non-hydrogen) atoms. The maximum absolute atomic E-state index is 13.5. The number of hydrogen-bond acceptors (Lipinski definition) is 6.